The van der Waals surface area contributed by atoms with Gasteiger partial charge in [-0.3, -0.25) is 0 Å². The molecule has 2 unspecified atom stereocenters. The molecule has 2 amide bonds. The zero-order valence-electron chi connectivity index (χ0n) is 16.2. The first kappa shape index (κ1) is 19.1. The van der Waals surface area contributed by atoms with Crippen molar-refractivity contribution in [3.63, 3.8) is 0 Å². The van der Waals surface area contributed by atoms with Gasteiger partial charge in [-0.15, -0.1) is 0 Å². The minimum Gasteiger partial charge on any atom is -0.464 e. The molecule has 2 atom stereocenters. The molecule has 2 saturated carbocycles. The molecule has 1 aromatic heterocycles. The second-order valence-electron chi connectivity index (χ2n) is 7.84. The van der Waals surface area contributed by atoms with Crippen LogP contribution in [0.2, 0.25) is 0 Å². The standard InChI is InChI=1S/C21H26N2O4S/c1-3-28(25,26)18-6-4-5-15(12-18)22-21(24)23(16-7-8-16)13-17-9-10-20(27-17)19-11-14(19)2/h4-6,9-10,12,14,16,19H,3,7-8,11,13H2,1-2H3,(H,22,24). The lowest BCUT2D eigenvalue weighted by atomic mass is 10.3. The Morgan fingerprint density at radius 2 is 2.00 bits per heavy atom. The molecule has 0 aliphatic heterocycles. The van der Waals surface area contributed by atoms with Crippen LogP contribution in [0.15, 0.2) is 45.7 Å². The predicted octanol–water partition coefficient (Wildman–Crippen LogP) is 4.39. The van der Waals surface area contributed by atoms with E-state index >= 15 is 0 Å². The molecule has 2 aromatic rings. The quantitative estimate of drug-likeness (QED) is 0.745. The molecular weight excluding hydrogens is 376 g/mol. The third-order valence-electron chi connectivity index (χ3n) is 5.56. The summed E-state index contributed by atoms with van der Waals surface area (Å²) in [6.45, 7) is 4.24. The van der Waals surface area contributed by atoms with E-state index in [-0.39, 0.29) is 22.7 Å². The highest BCUT2D eigenvalue weighted by atomic mass is 32.2. The number of nitrogens with one attached hydrogen (secondary N) is 1. The van der Waals surface area contributed by atoms with Crippen LogP contribution in [0, 0.1) is 5.92 Å². The van der Waals surface area contributed by atoms with Crippen molar-refractivity contribution >= 4 is 21.6 Å². The van der Waals surface area contributed by atoms with Gasteiger partial charge in [0.2, 0.25) is 0 Å². The largest absolute Gasteiger partial charge is 0.464 e. The first-order valence-electron chi connectivity index (χ1n) is 9.86. The van der Waals surface area contributed by atoms with Gasteiger partial charge in [0.05, 0.1) is 17.2 Å². The van der Waals surface area contributed by atoms with Crippen LogP contribution in [0.4, 0.5) is 10.5 Å². The van der Waals surface area contributed by atoms with Gasteiger partial charge in [0, 0.05) is 17.6 Å². The number of sulfone groups is 1. The highest BCUT2D eigenvalue weighted by molar-refractivity contribution is 7.91. The smallest absolute Gasteiger partial charge is 0.322 e. The van der Waals surface area contributed by atoms with Crippen LogP contribution in [-0.2, 0) is 16.4 Å². The summed E-state index contributed by atoms with van der Waals surface area (Å²) in [4.78, 5) is 14.9. The molecule has 2 aliphatic rings. The second kappa shape index (κ2) is 7.28. The third-order valence-corrected chi connectivity index (χ3v) is 7.29. The number of anilines is 1. The summed E-state index contributed by atoms with van der Waals surface area (Å²) in [5.74, 6) is 3.02. The maximum absolute atomic E-state index is 12.9. The van der Waals surface area contributed by atoms with Crippen LogP contribution in [0.1, 0.15) is 50.5 Å². The van der Waals surface area contributed by atoms with Crippen LogP contribution in [0.25, 0.3) is 0 Å². The Labute approximate surface area is 165 Å². The monoisotopic (exact) mass is 402 g/mol. The van der Waals surface area contributed by atoms with Crippen molar-refractivity contribution in [1.82, 2.24) is 4.90 Å². The van der Waals surface area contributed by atoms with Gasteiger partial charge in [-0.05, 0) is 55.5 Å². The maximum Gasteiger partial charge on any atom is 0.322 e. The second-order valence-corrected chi connectivity index (χ2v) is 10.1. The molecule has 0 spiro atoms. The minimum absolute atomic E-state index is 0.0268. The van der Waals surface area contributed by atoms with Crippen LogP contribution < -0.4 is 5.32 Å². The normalized spacial score (nSPS) is 21.4. The van der Waals surface area contributed by atoms with Crippen molar-refractivity contribution in [3.05, 3.63) is 47.9 Å². The lowest BCUT2D eigenvalue weighted by Gasteiger charge is -2.22. The number of benzene rings is 1. The number of nitrogens with zero attached hydrogens (tertiary/aromatic N) is 1. The van der Waals surface area contributed by atoms with Gasteiger partial charge < -0.3 is 14.6 Å². The number of carbonyl (C=O) groups excluding carboxylic acids is 1. The van der Waals surface area contributed by atoms with Gasteiger partial charge in [0.25, 0.3) is 0 Å². The summed E-state index contributed by atoms with van der Waals surface area (Å²) in [5.41, 5.74) is 0.483. The number of carbonyl (C=O) groups is 1. The molecule has 7 heteroatoms. The number of rotatable bonds is 7. The first-order valence-corrected chi connectivity index (χ1v) is 11.5. The van der Waals surface area contributed by atoms with Crippen LogP contribution >= 0.6 is 0 Å². The van der Waals surface area contributed by atoms with Crippen molar-refractivity contribution in [2.75, 3.05) is 11.1 Å². The van der Waals surface area contributed by atoms with Gasteiger partial charge in [-0.25, -0.2) is 13.2 Å². The lowest BCUT2D eigenvalue weighted by molar-refractivity contribution is 0.200. The number of hydrogen-bond acceptors (Lipinski definition) is 4. The Balaban J connectivity index is 1.46. The van der Waals surface area contributed by atoms with E-state index in [1.165, 1.54) is 6.07 Å². The Morgan fingerprint density at radius 3 is 2.64 bits per heavy atom. The molecule has 1 N–H and O–H groups in total. The third kappa shape index (κ3) is 4.09. The number of amides is 2. The average Bonchev–Trinajstić information content (AvgIpc) is 3.60. The lowest BCUT2D eigenvalue weighted by Crippen LogP contribution is -2.36. The summed E-state index contributed by atoms with van der Waals surface area (Å²) in [5, 5.41) is 2.85. The highest BCUT2D eigenvalue weighted by Gasteiger charge is 2.37. The zero-order chi connectivity index (χ0) is 19.9. The van der Waals surface area contributed by atoms with E-state index in [4.69, 9.17) is 4.42 Å². The van der Waals surface area contributed by atoms with Crippen molar-refractivity contribution in [2.24, 2.45) is 5.92 Å². The summed E-state index contributed by atoms with van der Waals surface area (Å²) in [6.07, 6.45) is 3.12. The van der Waals surface area contributed by atoms with Crippen molar-refractivity contribution in [2.45, 2.75) is 56.5 Å². The summed E-state index contributed by atoms with van der Waals surface area (Å²) in [6, 6.07) is 10.4. The van der Waals surface area contributed by atoms with Gasteiger partial charge in [-0.1, -0.05) is 19.9 Å². The van der Waals surface area contributed by atoms with E-state index in [0.717, 1.165) is 30.8 Å². The van der Waals surface area contributed by atoms with Gasteiger partial charge in [0.1, 0.15) is 11.5 Å². The van der Waals surface area contributed by atoms with E-state index in [1.807, 2.05) is 12.1 Å². The van der Waals surface area contributed by atoms with Crippen LogP contribution in [0.5, 0.6) is 0 Å². The molecule has 150 valence electrons. The number of urea groups is 1. The molecule has 1 heterocycles. The van der Waals surface area contributed by atoms with Crippen LogP contribution in [0.3, 0.4) is 0 Å². The fourth-order valence-electron chi connectivity index (χ4n) is 3.45. The Hall–Kier alpha value is -2.28. The molecule has 1 aromatic carbocycles. The molecule has 4 rings (SSSR count). The summed E-state index contributed by atoms with van der Waals surface area (Å²) in [7, 11) is -3.31. The maximum atomic E-state index is 12.9. The Kier molecular flexibility index (Phi) is 4.95. The fourth-order valence-corrected chi connectivity index (χ4v) is 4.37. The van der Waals surface area contributed by atoms with E-state index < -0.39 is 9.84 Å². The number of furan rings is 1. The van der Waals surface area contributed by atoms with E-state index in [1.54, 1.807) is 30.0 Å². The topological polar surface area (TPSA) is 79.6 Å². The molecule has 0 radical (unpaired) electrons. The molecule has 2 aliphatic carbocycles. The SMILES string of the molecule is CCS(=O)(=O)c1cccc(NC(=O)N(Cc2ccc(C3CC3C)o2)C2CC2)c1. The van der Waals surface area contributed by atoms with E-state index in [9.17, 15) is 13.2 Å². The first-order chi connectivity index (χ1) is 13.4. The van der Waals surface area contributed by atoms with Crippen molar-refractivity contribution in [1.29, 1.82) is 0 Å². The number of hydrogen-bond donors (Lipinski definition) is 1. The zero-order valence-corrected chi connectivity index (χ0v) is 17.0. The van der Waals surface area contributed by atoms with E-state index in [2.05, 4.69) is 12.2 Å². The van der Waals surface area contributed by atoms with Crippen molar-refractivity contribution in [3.8, 4) is 0 Å². The molecule has 2 fully saturated rings. The molecule has 0 saturated heterocycles. The molecule has 0 bridgehead atoms. The average molecular weight is 403 g/mol. The molecule has 6 nitrogen and oxygen atoms in total. The summed E-state index contributed by atoms with van der Waals surface area (Å²) < 4.78 is 30.1. The minimum atomic E-state index is -3.31. The van der Waals surface area contributed by atoms with E-state index in [0.29, 0.717) is 24.1 Å². The van der Waals surface area contributed by atoms with Crippen molar-refractivity contribution < 1.29 is 17.6 Å². The van der Waals surface area contributed by atoms with Gasteiger partial charge in [0.15, 0.2) is 9.84 Å². The molecule has 28 heavy (non-hydrogen) atoms. The van der Waals surface area contributed by atoms with Crippen LogP contribution in [-0.4, -0.2) is 31.1 Å². The fraction of sp³-hybridized carbons (Fsp3) is 0.476. The molecular formula is C21H26N2O4S. The Bertz CT molecular complexity index is 978. The Morgan fingerprint density at radius 1 is 1.25 bits per heavy atom. The highest BCUT2D eigenvalue weighted by Crippen LogP contribution is 2.47. The summed E-state index contributed by atoms with van der Waals surface area (Å²) >= 11 is 0. The van der Waals surface area contributed by atoms with Gasteiger partial charge >= 0.3 is 6.03 Å². The van der Waals surface area contributed by atoms with Gasteiger partial charge in [-0.2, -0.15) is 0 Å². The predicted molar refractivity (Wildman–Crippen MR) is 107 cm³/mol.